The first-order valence-corrected chi connectivity index (χ1v) is 6.31. The van der Waals surface area contributed by atoms with E-state index < -0.39 is 5.97 Å². The van der Waals surface area contributed by atoms with Crippen LogP contribution in [0.3, 0.4) is 0 Å². The molecule has 1 rings (SSSR count). The third kappa shape index (κ3) is 4.98. The van der Waals surface area contributed by atoms with E-state index in [0.29, 0.717) is 11.5 Å². The fraction of sp³-hybridized carbons (Fsp3) is 0.571. The lowest BCUT2D eigenvalue weighted by Crippen LogP contribution is -2.04. The van der Waals surface area contributed by atoms with Gasteiger partial charge in [-0.05, 0) is 24.5 Å². The van der Waals surface area contributed by atoms with E-state index >= 15 is 0 Å². The molecule has 0 bridgehead atoms. The molecule has 1 atom stereocenters. The lowest BCUT2D eigenvalue weighted by molar-refractivity contribution is 0.0696. The predicted molar refractivity (Wildman–Crippen MR) is 68.2 cm³/mol. The van der Waals surface area contributed by atoms with Gasteiger partial charge in [0.05, 0.1) is 5.56 Å². The van der Waals surface area contributed by atoms with Crippen molar-refractivity contribution in [3.05, 3.63) is 29.6 Å². The van der Waals surface area contributed by atoms with Crippen molar-refractivity contribution in [2.75, 3.05) is 0 Å². The SMILES string of the molecule is CCCCCC(C)Cc1cc(C(=O)O)ccn1. The van der Waals surface area contributed by atoms with Gasteiger partial charge in [-0.15, -0.1) is 0 Å². The van der Waals surface area contributed by atoms with Crippen LogP contribution in [0.5, 0.6) is 0 Å². The number of unbranched alkanes of at least 4 members (excludes halogenated alkanes) is 2. The zero-order valence-electron chi connectivity index (χ0n) is 10.6. The first-order valence-electron chi connectivity index (χ1n) is 6.31. The summed E-state index contributed by atoms with van der Waals surface area (Å²) in [6, 6.07) is 3.21. The first-order chi connectivity index (χ1) is 8.13. The molecular weight excluding hydrogens is 214 g/mol. The fourth-order valence-electron chi connectivity index (χ4n) is 1.92. The molecule has 0 spiro atoms. The molecular formula is C14H21NO2. The summed E-state index contributed by atoms with van der Waals surface area (Å²) in [4.78, 5) is 15.0. The van der Waals surface area contributed by atoms with Gasteiger partial charge in [0.1, 0.15) is 0 Å². The molecule has 0 fully saturated rings. The van der Waals surface area contributed by atoms with Crippen molar-refractivity contribution < 1.29 is 9.90 Å². The van der Waals surface area contributed by atoms with Gasteiger partial charge >= 0.3 is 5.97 Å². The van der Waals surface area contributed by atoms with Gasteiger partial charge in [-0.2, -0.15) is 0 Å². The van der Waals surface area contributed by atoms with E-state index in [-0.39, 0.29) is 0 Å². The van der Waals surface area contributed by atoms with Crippen LogP contribution in [0.2, 0.25) is 0 Å². The van der Waals surface area contributed by atoms with E-state index in [1.54, 1.807) is 12.3 Å². The smallest absolute Gasteiger partial charge is 0.335 e. The summed E-state index contributed by atoms with van der Waals surface area (Å²) in [6.07, 6.45) is 7.39. The number of hydrogen-bond acceptors (Lipinski definition) is 2. The van der Waals surface area contributed by atoms with Crippen LogP contribution in [0.4, 0.5) is 0 Å². The van der Waals surface area contributed by atoms with Gasteiger partial charge in [0, 0.05) is 11.9 Å². The predicted octanol–water partition coefficient (Wildman–Crippen LogP) is 3.54. The number of pyridine rings is 1. The van der Waals surface area contributed by atoms with E-state index in [9.17, 15) is 4.79 Å². The van der Waals surface area contributed by atoms with Crippen molar-refractivity contribution in [3.8, 4) is 0 Å². The second-order valence-corrected chi connectivity index (χ2v) is 4.65. The lowest BCUT2D eigenvalue weighted by atomic mass is 9.97. The molecule has 1 aromatic rings. The van der Waals surface area contributed by atoms with E-state index in [2.05, 4.69) is 18.8 Å². The zero-order chi connectivity index (χ0) is 12.7. The molecule has 0 radical (unpaired) electrons. The highest BCUT2D eigenvalue weighted by atomic mass is 16.4. The Morgan fingerprint density at radius 1 is 1.47 bits per heavy atom. The van der Waals surface area contributed by atoms with Crippen LogP contribution in [0.25, 0.3) is 0 Å². The summed E-state index contributed by atoms with van der Waals surface area (Å²) in [7, 11) is 0. The molecule has 1 N–H and O–H groups in total. The highest BCUT2D eigenvalue weighted by molar-refractivity contribution is 5.87. The summed E-state index contributed by atoms with van der Waals surface area (Å²) in [5, 5.41) is 8.89. The molecule has 0 saturated carbocycles. The third-order valence-corrected chi connectivity index (χ3v) is 2.92. The molecule has 0 aliphatic carbocycles. The van der Waals surface area contributed by atoms with Crippen LogP contribution in [0.15, 0.2) is 18.3 Å². The van der Waals surface area contributed by atoms with Crippen LogP contribution >= 0.6 is 0 Å². The minimum absolute atomic E-state index is 0.329. The maximum atomic E-state index is 10.8. The van der Waals surface area contributed by atoms with Crippen molar-refractivity contribution in [3.63, 3.8) is 0 Å². The largest absolute Gasteiger partial charge is 0.478 e. The normalized spacial score (nSPS) is 12.4. The Hall–Kier alpha value is -1.38. The molecule has 0 aromatic carbocycles. The number of carbonyl (C=O) groups is 1. The number of rotatable bonds is 7. The number of hydrogen-bond donors (Lipinski definition) is 1. The minimum atomic E-state index is -0.882. The van der Waals surface area contributed by atoms with Crippen molar-refractivity contribution in [2.45, 2.75) is 46.0 Å². The highest BCUT2D eigenvalue weighted by Gasteiger charge is 2.08. The van der Waals surface area contributed by atoms with Gasteiger partial charge in [-0.1, -0.05) is 39.5 Å². The molecule has 17 heavy (non-hydrogen) atoms. The molecule has 0 aliphatic heterocycles. The van der Waals surface area contributed by atoms with Gasteiger partial charge in [0.15, 0.2) is 0 Å². The molecule has 0 amide bonds. The van der Waals surface area contributed by atoms with Gasteiger partial charge in [-0.3, -0.25) is 4.98 Å². The Balaban J connectivity index is 2.50. The lowest BCUT2D eigenvalue weighted by Gasteiger charge is -2.10. The molecule has 0 aliphatic rings. The minimum Gasteiger partial charge on any atom is -0.478 e. The standard InChI is InChI=1S/C14H21NO2/c1-3-4-5-6-11(2)9-13-10-12(14(16)17)7-8-15-13/h7-8,10-11H,3-6,9H2,1-2H3,(H,16,17). The first kappa shape index (κ1) is 13.7. The summed E-state index contributed by atoms with van der Waals surface area (Å²) in [5.74, 6) is -0.314. The molecule has 94 valence electrons. The molecule has 1 aromatic heterocycles. The van der Waals surface area contributed by atoms with Crippen LogP contribution < -0.4 is 0 Å². The number of carboxylic acids is 1. The number of aromatic carboxylic acids is 1. The van der Waals surface area contributed by atoms with Crippen LogP contribution in [0, 0.1) is 5.92 Å². The summed E-state index contributed by atoms with van der Waals surface area (Å²) < 4.78 is 0. The zero-order valence-corrected chi connectivity index (χ0v) is 10.6. The summed E-state index contributed by atoms with van der Waals surface area (Å²) >= 11 is 0. The Morgan fingerprint density at radius 2 is 2.24 bits per heavy atom. The fourth-order valence-corrected chi connectivity index (χ4v) is 1.92. The number of nitrogens with zero attached hydrogens (tertiary/aromatic N) is 1. The van der Waals surface area contributed by atoms with E-state index in [1.807, 2.05) is 0 Å². The Morgan fingerprint density at radius 3 is 2.88 bits per heavy atom. The second-order valence-electron chi connectivity index (χ2n) is 4.65. The summed E-state index contributed by atoms with van der Waals surface area (Å²) in [5.41, 5.74) is 1.21. The number of aromatic nitrogens is 1. The molecule has 3 heteroatoms. The monoisotopic (exact) mass is 235 g/mol. The Kier molecular flexibility index (Phi) is 5.67. The van der Waals surface area contributed by atoms with Crippen molar-refractivity contribution >= 4 is 5.97 Å². The Labute approximate surface area is 103 Å². The summed E-state index contributed by atoms with van der Waals surface area (Å²) in [6.45, 7) is 4.40. The second kappa shape index (κ2) is 7.05. The van der Waals surface area contributed by atoms with E-state index in [4.69, 9.17) is 5.11 Å². The van der Waals surface area contributed by atoms with Gasteiger partial charge in [-0.25, -0.2) is 4.79 Å². The maximum absolute atomic E-state index is 10.8. The molecule has 3 nitrogen and oxygen atoms in total. The third-order valence-electron chi connectivity index (χ3n) is 2.92. The average Bonchev–Trinajstić information content (AvgIpc) is 2.29. The average molecular weight is 235 g/mol. The van der Waals surface area contributed by atoms with E-state index in [1.165, 1.54) is 31.7 Å². The maximum Gasteiger partial charge on any atom is 0.335 e. The Bertz CT molecular complexity index is 363. The highest BCUT2D eigenvalue weighted by Crippen LogP contribution is 2.14. The van der Waals surface area contributed by atoms with Gasteiger partial charge in [0.2, 0.25) is 0 Å². The van der Waals surface area contributed by atoms with Gasteiger partial charge < -0.3 is 5.11 Å². The number of carboxylic acid groups (broad SMARTS) is 1. The van der Waals surface area contributed by atoms with Crippen molar-refractivity contribution in [1.82, 2.24) is 4.98 Å². The molecule has 0 saturated heterocycles. The quantitative estimate of drug-likeness (QED) is 0.735. The van der Waals surface area contributed by atoms with Crippen molar-refractivity contribution in [1.29, 1.82) is 0 Å². The van der Waals surface area contributed by atoms with Gasteiger partial charge in [0.25, 0.3) is 0 Å². The van der Waals surface area contributed by atoms with Crippen LogP contribution in [0.1, 0.15) is 55.6 Å². The molecule has 1 heterocycles. The van der Waals surface area contributed by atoms with Crippen molar-refractivity contribution in [2.24, 2.45) is 5.92 Å². The molecule has 1 unspecified atom stereocenters. The van der Waals surface area contributed by atoms with E-state index in [0.717, 1.165) is 12.1 Å². The topological polar surface area (TPSA) is 50.2 Å². The van der Waals surface area contributed by atoms with Crippen LogP contribution in [-0.4, -0.2) is 16.1 Å². The van der Waals surface area contributed by atoms with Crippen LogP contribution in [-0.2, 0) is 6.42 Å².